The average molecular weight is 468 g/mol. The van der Waals surface area contributed by atoms with Crippen LogP contribution < -0.4 is 15.5 Å². The third-order valence-corrected chi connectivity index (χ3v) is 7.15. The molecule has 0 radical (unpaired) electrons. The summed E-state index contributed by atoms with van der Waals surface area (Å²) in [7, 11) is 1.81. The first-order chi connectivity index (χ1) is 16.0. The second-order valence-electron chi connectivity index (χ2n) is 8.40. The van der Waals surface area contributed by atoms with Crippen molar-refractivity contribution in [3.63, 3.8) is 0 Å². The molecule has 0 atom stereocenters. The monoisotopic (exact) mass is 467 g/mol. The Balaban J connectivity index is 1.20. The number of carbonyl (C=O) groups is 2. The van der Waals surface area contributed by atoms with E-state index in [0.29, 0.717) is 17.1 Å². The summed E-state index contributed by atoms with van der Waals surface area (Å²) in [6.07, 6.45) is 3.23. The Labute approximate surface area is 198 Å². The molecule has 174 valence electrons. The third kappa shape index (κ3) is 5.90. The standard InChI is InChI=1S/C24H29N5O3S/c1-28(10-9-22(30)27-24-20(15-25)19-3-2-4-21(19)33-24)16-23(31)26-17-5-7-18(8-6-17)29-11-13-32-14-12-29/h5-8H,2-4,9-14,16H2,1H3,(H,26,31)(H,27,30). The van der Waals surface area contributed by atoms with Gasteiger partial charge in [0.25, 0.3) is 0 Å². The molecule has 33 heavy (non-hydrogen) atoms. The van der Waals surface area contributed by atoms with E-state index < -0.39 is 0 Å². The number of nitrogens with zero attached hydrogens (tertiary/aromatic N) is 3. The molecule has 0 unspecified atom stereocenters. The molecule has 2 N–H and O–H groups in total. The number of hydrogen-bond acceptors (Lipinski definition) is 7. The average Bonchev–Trinajstić information content (AvgIpc) is 3.39. The van der Waals surface area contributed by atoms with Gasteiger partial charge in [-0.05, 0) is 56.1 Å². The first kappa shape index (κ1) is 23.2. The van der Waals surface area contributed by atoms with Crippen molar-refractivity contribution in [2.45, 2.75) is 25.7 Å². The number of fused-ring (bicyclic) bond motifs is 1. The number of amides is 2. The highest BCUT2D eigenvalue weighted by Crippen LogP contribution is 2.38. The number of ether oxygens (including phenoxy) is 1. The maximum atomic E-state index is 12.4. The molecule has 0 spiro atoms. The Kier molecular flexibility index (Phi) is 7.60. The minimum absolute atomic E-state index is 0.126. The Morgan fingerprint density at radius 1 is 1.15 bits per heavy atom. The maximum absolute atomic E-state index is 12.4. The van der Waals surface area contributed by atoms with E-state index >= 15 is 0 Å². The summed E-state index contributed by atoms with van der Waals surface area (Å²) in [5.41, 5.74) is 3.59. The molecule has 2 aliphatic rings. The lowest BCUT2D eigenvalue weighted by Gasteiger charge is -2.28. The lowest BCUT2D eigenvalue weighted by atomic mass is 10.1. The molecule has 2 amide bonds. The first-order valence-electron chi connectivity index (χ1n) is 11.3. The van der Waals surface area contributed by atoms with Crippen molar-refractivity contribution in [1.29, 1.82) is 5.26 Å². The van der Waals surface area contributed by atoms with Gasteiger partial charge in [0.2, 0.25) is 11.8 Å². The molecule has 1 aromatic heterocycles. The van der Waals surface area contributed by atoms with Gasteiger partial charge in [0.1, 0.15) is 11.1 Å². The highest BCUT2D eigenvalue weighted by atomic mass is 32.1. The van der Waals surface area contributed by atoms with Crippen LogP contribution in [0, 0.1) is 11.3 Å². The molecule has 0 bridgehead atoms. The summed E-state index contributed by atoms with van der Waals surface area (Å²) in [5, 5.41) is 15.9. The van der Waals surface area contributed by atoms with Crippen molar-refractivity contribution < 1.29 is 14.3 Å². The molecule has 0 saturated carbocycles. The molecule has 1 aromatic carbocycles. The van der Waals surface area contributed by atoms with Gasteiger partial charge in [0.05, 0.1) is 25.3 Å². The highest BCUT2D eigenvalue weighted by Gasteiger charge is 2.23. The van der Waals surface area contributed by atoms with E-state index in [4.69, 9.17) is 4.74 Å². The topological polar surface area (TPSA) is 97.7 Å². The van der Waals surface area contributed by atoms with Crippen molar-refractivity contribution >= 4 is 39.5 Å². The third-order valence-electron chi connectivity index (χ3n) is 5.95. The molecule has 1 saturated heterocycles. The van der Waals surface area contributed by atoms with Gasteiger partial charge >= 0.3 is 0 Å². The number of anilines is 3. The zero-order valence-electron chi connectivity index (χ0n) is 18.9. The smallest absolute Gasteiger partial charge is 0.238 e. The van der Waals surface area contributed by atoms with Crippen molar-refractivity contribution in [3.05, 3.63) is 40.3 Å². The van der Waals surface area contributed by atoms with E-state index in [0.717, 1.165) is 62.5 Å². The Morgan fingerprint density at radius 2 is 1.91 bits per heavy atom. The predicted octanol–water partition coefficient (Wildman–Crippen LogP) is 2.84. The van der Waals surface area contributed by atoms with E-state index in [-0.39, 0.29) is 24.8 Å². The SMILES string of the molecule is CN(CCC(=O)Nc1sc2c(c1C#N)CCC2)CC(=O)Nc1ccc(N2CCOCC2)cc1. The van der Waals surface area contributed by atoms with Gasteiger partial charge in [-0.1, -0.05) is 0 Å². The number of nitriles is 1. The minimum atomic E-state index is -0.141. The van der Waals surface area contributed by atoms with Crippen LogP contribution in [0.15, 0.2) is 24.3 Å². The fourth-order valence-corrected chi connectivity index (χ4v) is 5.45. The summed E-state index contributed by atoms with van der Waals surface area (Å²) < 4.78 is 5.38. The highest BCUT2D eigenvalue weighted by molar-refractivity contribution is 7.16. The molecular weight excluding hydrogens is 438 g/mol. The second-order valence-corrected chi connectivity index (χ2v) is 9.51. The summed E-state index contributed by atoms with van der Waals surface area (Å²) in [5.74, 6) is -0.268. The fraction of sp³-hybridized carbons (Fsp3) is 0.458. The summed E-state index contributed by atoms with van der Waals surface area (Å²) >= 11 is 1.52. The van der Waals surface area contributed by atoms with Crippen LogP contribution in [0.3, 0.4) is 0 Å². The van der Waals surface area contributed by atoms with Crippen LogP contribution >= 0.6 is 11.3 Å². The number of benzene rings is 1. The van der Waals surface area contributed by atoms with Crippen LogP contribution in [-0.4, -0.2) is 63.2 Å². The van der Waals surface area contributed by atoms with Crippen molar-refractivity contribution in [3.8, 4) is 6.07 Å². The van der Waals surface area contributed by atoms with E-state index in [1.807, 2.05) is 36.2 Å². The predicted molar refractivity (Wildman–Crippen MR) is 130 cm³/mol. The molecule has 2 heterocycles. The van der Waals surface area contributed by atoms with Crippen molar-refractivity contribution in [2.75, 3.05) is 62.0 Å². The normalized spacial score (nSPS) is 15.2. The van der Waals surface area contributed by atoms with Gasteiger partial charge in [-0.2, -0.15) is 5.26 Å². The van der Waals surface area contributed by atoms with Gasteiger partial charge in [-0.25, -0.2) is 0 Å². The molecule has 9 heteroatoms. The van der Waals surface area contributed by atoms with Crippen LogP contribution in [-0.2, 0) is 27.2 Å². The van der Waals surface area contributed by atoms with Gasteiger partial charge in [0.15, 0.2) is 0 Å². The number of carbonyl (C=O) groups excluding carboxylic acids is 2. The molecule has 2 aromatic rings. The van der Waals surface area contributed by atoms with Gasteiger partial charge in [-0.15, -0.1) is 11.3 Å². The number of nitrogens with one attached hydrogen (secondary N) is 2. The van der Waals surface area contributed by atoms with E-state index in [1.165, 1.54) is 16.2 Å². The summed E-state index contributed by atoms with van der Waals surface area (Å²) in [6, 6.07) is 10.1. The number of morpholine rings is 1. The number of rotatable bonds is 8. The van der Waals surface area contributed by atoms with Crippen LogP contribution in [0.1, 0.15) is 28.8 Å². The van der Waals surface area contributed by atoms with Crippen LogP contribution in [0.25, 0.3) is 0 Å². The van der Waals surface area contributed by atoms with E-state index in [2.05, 4.69) is 21.6 Å². The second kappa shape index (κ2) is 10.8. The van der Waals surface area contributed by atoms with Gasteiger partial charge in [0, 0.05) is 42.3 Å². The molecule has 1 fully saturated rings. The fourth-order valence-electron chi connectivity index (χ4n) is 4.19. The van der Waals surface area contributed by atoms with Gasteiger partial charge < -0.3 is 20.3 Å². The Bertz CT molecular complexity index is 1040. The number of likely N-dealkylation sites (N-methyl/N-ethyl adjacent to an activating group) is 1. The first-order valence-corrected chi connectivity index (χ1v) is 12.1. The quantitative estimate of drug-likeness (QED) is 0.620. The lowest BCUT2D eigenvalue weighted by Crippen LogP contribution is -2.36. The number of thiophene rings is 1. The number of aryl methyl sites for hydroxylation is 1. The van der Waals surface area contributed by atoms with Crippen molar-refractivity contribution in [1.82, 2.24) is 4.90 Å². The zero-order valence-corrected chi connectivity index (χ0v) is 19.7. The van der Waals surface area contributed by atoms with E-state index in [9.17, 15) is 14.9 Å². The van der Waals surface area contributed by atoms with Crippen molar-refractivity contribution in [2.24, 2.45) is 0 Å². The molecule has 1 aliphatic heterocycles. The minimum Gasteiger partial charge on any atom is -0.378 e. The molecular formula is C24H29N5O3S. The van der Waals surface area contributed by atoms with Crippen LogP contribution in [0.4, 0.5) is 16.4 Å². The molecule has 8 nitrogen and oxygen atoms in total. The largest absolute Gasteiger partial charge is 0.378 e. The molecule has 1 aliphatic carbocycles. The zero-order chi connectivity index (χ0) is 23.2. The van der Waals surface area contributed by atoms with Crippen LogP contribution in [0.2, 0.25) is 0 Å². The lowest BCUT2D eigenvalue weighted by molar-refractivity contribution is -0.119. The van der Waals surface area contributed by atoms with Crippen LogP contribution in [0.5, 0.6) is 0 Å². The van der Waals surface area contributed by atoms with Gasteiger partial charge in [-0.3, -0.25) is 14.5 Å². The maximum Gasteiger partial charge on any atom is 0.238 e. The molecule has 4 rings (SSSR count). The summed E-state index contributed by atoms with van der Waals surface area (Å²) in [4.78, 5) is 30.1. The Morgan fingerprint density at radius 3 is 2.64 bits per heavy atom. The van der Waals surface area contributed by atoms with E-state index in [1.54, 1.807) is 0 Å². The Hall–Kier alpha value is -2.93. The summed E-state index contributed by atoms with van der Waals surface area (Å²) in [6.45, 7) is 3.85. The number of hydrogen-bond donors (Lipinski definition) is 2.